The van der Waals surface area contributed by atoms with Gasteiger partial charge in [-0.05, 0) is 41.8 Å². The lowest BCUT2D eigenvalue weighted by atomic mass is 10.0. The van der Waals surface area contributed by atoms with E-state index in [0.29, 0.717) is 35.5 Å². The number of aromatic nitrogens is 2. The lowest BCUT2D eigenvalue weighted by Crippen LogP contribution is -2.32. The quantitative estimate of drug-likeness (QED) is 0.572. The Labute approximate surface area is 163 Å². The van der Waals surface area contributed by atoms with Crippen molar-refractivity contribution in [3.63, 3.8) is 0 Å². The van der Waals surface area contributed by atoms with Crippen LogP contribution in [0.4, 0.5) is 0 Å². The summed E-state index contributed by atoms with van der Waals surface area (Å²) < 4.78 is 16.2. The molecule has 0 spiro atoms. The maximum absolute atomic E-state index is 11.8. The summed E-state index contributed by atoms with van der Waals surface area (Å²) in [5, 5.41) is 10.8. The number of hydrogen-bond donors (Lipinski definition) is 1. The normalized spacial score (nSPS) is 10.7. The summed E-state index contributed by atoms with van der Waals surface area (Å²) in [6, 6.07) is 14.8. The van der Waals surface area contributed by atoms with E-state index < -0.39 is 0 Å². The van der Waals surface area contributed by atoms with Crippen LogP contribution in [0, 0.1) is 0 Å². The minimum Gasteiger partial charge on any atom is -0.484 e. The monoisotopic (exact) mass is 381 g/mol. The van der Waals surface area contributed by atoms with Gasteiger partial charge in [0, 0.05) is 6.07 Å². The maximum Gasteiger partial charge on any atom is 0.258 e. The number of carbonyl (C=O) groups is 1. The van der Waals surface area contributed by atoms with E-state index in [-0.39, 0.29) is 19.1 Å². The summed E-state index contributed by atoms with van der Waals surface area (Å²) >= 11 is 0. The Morgan fingerprint density at radius 2 is 1.89 bits per heavy atom. The van der Waals surface area contributed by atoms with Crippen LogP contribution in [0.5, 0.6) is 11.6 Å². The second-order valence-corrected chi connectivity index (χ2v) is 6.44. The number of rotatable bonds is 9. The lowest BCUT2D eigenvalue weighted by Gasteiger charge is -2.10. The molecule has 2 heterocycles. The zero-order valence-electron chi connectivity index (χ0n) is 15.9. The fraction of sp³-hybridized carbons (Fsp3) is 0.286. The number of ether oxygens (including phenoxy) is 2. The second-order valence-electron chi connectivity index (χ2n) is 6.44. The van der Waals surface area contributed by atoms with E-state index in [1.165, 1.54) is 5.56 Å². The summed E-state index contributed by atoms with van der Waals surface area (Å²) in [7, 11) is 0. The van der Waals surface area contributed by atoms with Gasteiger partial charge < -0.3 is 19.2 Å². The molecule has 0 saturated carbocycles. The number of furan rings is 1. The number of hydrogen-bond acceptors (Lipinski definition) is 6. The van der Waals surface area contributed by atoms with Gasteiger partial charge in [0.25, 0.3) is 5.91 Å². The highest BCUT2D eigenvalue weighted by atomic mass is 16.5. The molecule has 0 fully saturated rings. The molecule has 146 valence electrons. The molecule has 2 aromatic heterocycles. The Morgan fingerprint density at radius 1 is 1.07 bits per heavy atom. The Kier molecular flexibility index (Phi) is 6.62. The van der Waals surface area contributed by atoms with Gasteiger partial charge in [0.05, 0.1) is 12.8 Å². The topological polar surface area (TPSA) is 86.5 Å². The maximum atomic E-state index is 11.8. The fourth-order valence-electron chi connectivity index (χ4n) is 2.45. The van der Waals surface area contributed by atoms with Gasteiger partial charge >= 0.3 is 0 Å². The van der Waals surface area contributed by atoms with Crippen molar-refractivity contribution in [1.29, 1.82) is 0 Å². The summed E-state index contributed by atoms with van der Waals surface area (Å²) in [6.45, 7) is 4.84. The number of nitrogens with zero attached hydrogens (tertiary/aromatic N) is 2. The molecule has 7 nitrogen and oxygen atoms in total. The van der Waals surface area contributed by atoms with Crippen LogP contribution in [0.1, 0.15) is 25.3 Å². The summed E-state index contributed by atoms with van der Waals surface area (Å²) in [6.07, 6.45) is 1.58. The molecule has 0 radical (unpaired) electrons. The van der Waals surface area contributed by atoms with E-state index in [1.54, 1.807) is 30.5 Å². The predicted molar refractivity (Wildman–Crippen MR) is 104 cm³/mol. The third-order valence-corrected chi connectivity index (χ3v) is 4.00. The van der Waals surface area contributed by atoms with Crippen LogP contribution in [-0.2, 0) is 4.79 Å². The van der Waals surface area contributed by atoms with Crippen LogP contribution in [0.3, 0.4) is 0 Å². The third-order valence-electron chi connectivity index (χ3n) is 4.00. The molecule has 0 unspecified atom stereocenters. The van der Waals surface area contributed by atoms with E-state index in [9.17, 15) is 4.79 Å². The van der Waals surface area contributed by atoms with Crippen LogP contribution in [0.2, 0.25) is 0 Å². The van der Waals surface area contributed by atoms with Gasteiger partial charge in [0.2, 0.25) is 5.88 Å². The standard InChI is InChI=1S/C21H23N3O4/c1-15(2)16-5-7-17(8-6-16)28-14-20(25)22-11-13-27-21-10-9-18(23-24-21)19-4-3-12-26-19/h3-10,12,15H,11,13-14H2,1-2H3,(H,22,25). The van der Waals surface area contributed by atoms with Crippen molar-refractivity contribution in [2.24, 2.45) is 0 Å². The van der Waals surface area contributed by atoms with Gasteiger partial charge in [-0.3, -0.25) is 4.79 Å². The lowest BCUT2D eigenvalue weighted by molar-refractivity contribution is -0.123. The Bertz CT molecular complexity index is 860. The molecule has 1 aromatic carbocycles. The Balaban J connectivity index is 1.34. The van der Waals surface area contributed by atoms with E-state index in [4.69, 9.17) is 13.9 Å². The molecule has 1 N–H and O–H groups in total. The molecule has 0 aliphatic heterocycles. The summed E-state index contributed by atoms with van der Waals surface area (Å²) in [4.78, 5) is 11.8. The SMILES string of the molecule is CC(C)c1ccc(OCC(=O)NCCOc2ccc(-c3ccco3)nn2)cc1. The minimum atomic E-state index is -0.212. The number of amides is 1. The average Bonchev–Trinajstić information content (AvgIpc) is 3.25. The van der Waals surface area contributed by atoms with E-state index in [0.717, 1.165) is 0 Å². The first-order chi connectivity index (χ1) is 13.6. The van der Waals surface area contributed by atoms with E-state index in [1.807, 2.05) is 24.3 Å². The van der Waals surface area contributed by atoms with Crippen LogP contribution in [0.15, 0.2) is 59.2 Å². The van der Waals surface area contributed by atoms with E-state index in [2.05, 4.69) is 29.4 Å². The Hall–Kier alpha value is -3.35. The van der Waals surface area contributed by atoms with Crippen molar-refractivity contribution in [1.82, 2.24) is 15.5 Å². The van der Waals surface area contributed by atoms with Crippen molar-refractivity contribution in [3.05, 3.63) is 60.4 Å². The van der Waals surface area contributed by atoms with Crippen LogP contribution >= 0.6 is 0 Å². The summed E-state index contributed by atoms with van der Waals surface area (Å²) in [5.74, 6) is 1.94. The summed E-state index contributed by atoms with van der Waals surface area (Å²) in [5.41, 5.74) is 1.86. The van der Waals surface area contributed by atoms with Crippen molar-refractivity contribution in [2.45, 2.75) is 19.8 Å². The van der Waals surface area contributed by atoms with Crippen molar-refractivity contribution in [3.8, 4) is 23.1 Å². The molecular formula is C21H23N3O4. The molecule has 0 aliphatic carbocycles. The molecule has 3 aromatic rings. The van der Waals surface area contributed by atoms with Gasteiger partial charge in [-0.2, -0.15) is 0 Å². The molecule has 0 aliphatic rings. The first-order valence-electron chi connectivity index (χ1n) is 9.11. The largest absolute Gasteiger partial charge is 0.484 e. The van der Waals surface area contributed by atoms with Gasteiger partial charge in [0.1, 0.15) is 18.1 Å². The van der Waals surface area contributed by atoms with E-state index >= 15 is 0 Å². The molecule has 3 rings (SSSR count). The van der Waals surface area contributed by atoms with Gasteiger partial charge in [-0.1, -0.05) is 26.0 Å². The fourth-order valence-corrected chi connectivity index (χ4v) is 2.45. The highest BCUT2D eigenvalue weighted by molar-refractivity contribution is 5.77. The van der Waals surface area contributed by atoms with Gasteiger partial charge in [-0.15, -0.1) is 10.2 Å². The molecule has 28 heavy (non-hydrogen) atoms. The highest BCUT2D eigenvalue weighted by Crippen LogP contribution is 2.19. The van der Waals surface area contributed by atoms with Crippen molar-refractivity contribution < 1.29 is 18.7 Å². The number of nitrogens with one attached hydrogen (secondary N) is 1. The Morgan fingerprint density at radius 3 is 2.54 bits per heavy atom. The van der Waals surface area contributed by atoms with Crippen molar-refractivity contribution >= 4 is 5.91 Å². The predicted octanol–water partition coefficient (Wildman–Crippen LogP) is 3.43. The van der Waals surface area contributed by atoms with Gasteiger partial charge in [-0.25, -0.2) is 0 Å². The van der Waals surface area contributed by atoms with Gasteiger partial charge in [0.15, 0.2) is 12.4 Å². The molecular weight excluding hydrogens is 358 g/mol. The number of benzene rings is 1. The first kappa shape index (κ1) is 19.4. The number of carbonyl (C=O) groups excluding carboxylic acids is 1. The molecule has 1 amide bonds. The minimum absolute atomic E-state index is 0.0430. The zero-order valence-corrected chi connectivity index (χ0v) is 15.9. The molecule has 0 saturated heterocycles. The molecule has 0 bridgehead atoms. The average molecular weight is 381 g/mol. The third kappa shape index (κ3) is 5.57. The molecule has 0 atom stereocenters. The molecule has 7 heteroatoms. The van der Waals surface area contributed by atoms with Crippen LogP contribution in [-0.4, -0.2) is 35.9 Å². The first-order valence-corrected chi connectivity index (χ1v) is 9.11. The smallest absolute Gasteiger partial charge is 0.258 e. The highest BCUT2D eigenvalue weighted by Gasteiger charge is 2.06. The zero-order chi connectivity index (χ0) is 19.8. The van der Waals surface area contributed by atoms with Crippen LogP contribution < -0.4 is 14.8 Å². The van der Waals surface area contributed by atoms with Crippen LogP contribution in [0.25, 0.3) is 11.5 Å². The van der Waals surface area contributed by atoms with Crippen molar-refractivity contribution in [2.75, 3.05) is 19.8 Å². The second kappa shape index (κ2) is 9.55.